The Morgan fingerprint density at radius 3 is 2.94 bits per heavy atom. The van der Waals surface area contributed by atoms with Gasteiger partial charge in [-0.25, -0.2) is 0 Å². The van der Waals surface area contributed by atoms with Gasteiger partial charge in [0.1, 0.15) is 0 Å². The van der Waals surface area contributed by atoms with E-state index in [9.17, 15) is 5.11 Å². The minimum atomic E-state index is -0.865. The van der Waals surface area contributed by atoms with Crippen molar-refractivity contribution in [2.75, 3.05) is 13.1 Å². The van der Waals surface area contributed by atoms with Crippen LogP contribution in [0.15, 0.2) is 36.7 Å². The molecule has 0 amide bonds. The number of nitrogens with one attached hydrogen (secondary N) is 1. The Morgan fingerprint density at radius 1 is 1.33 bits per heavy atom. The van der Waals surface area contributed by atoms with Crippen molar-refractivity contribution in [3.05, 3.63) is 42.2 Å². The summed E-state index contributed by atoms with van der Waals surface area (Å²) >= 11 is 0. The second kappa shape index (κ2) is 5.46. The van der Waals surface area contributed by atoms with Crippen LogP contribution in [0, 0.1) is 0 Å². The molecule has 1 aromatic carbocycles. The first-order valence-electron chi connectivity index (χ1n) is 6.41. The predicted molar refractivity (Wildman–Crippen MR) is 74.5 cm³/mol. The van der Waals surface area contributed by atoms with E-state index >= 15 is 0 Å². The molecule has 0 spiro atoms. The molecule has 0 fully saturated rings. The van der Waals surface area contributed by atoms with Crippen LogP contribution >= 0.6 is 0 Å². The number of hydrogen-bond acceptors (Lipinski definition) is 3. The molecule has 0 saturated carbocycles. The summed E-state index contributed by atoms with van der Waals surface area (Å²) < 4.78 is 0. The van der Waals surface area contributed by atoms with Gasteiger partial charge in [0.25, 0.3) is 0 Å². The summed E-state index contributed by atoms with van der Waals surface area (Å²) in [4.78, 5) is 4.11. The number of fused-ring (bicyclic) bond motifs is 1. The minimum Gasteiger partial charge on any atom is -0.384 e. The molecule has 3 heteroatoms. The summed E-state index contributed by atoms with van der Waals surface area (Å²) in [6, 6.07) is 7.92. The van der Waals surface area contributed by atoms with Crippen molar-refractivity contribution >= 4 is 10.8 Å². The summed E-state index contributed by atoms with van der Waals surface area (Å²) in [5.74, 6) is 0. The molecule has 1 unspecified atom stereocenters. The van der Waals surface area contributed by atoms with Crippen LogP contribution in [0.25, 0.3) is 10.8 Å². The zero-order chi connectivity index (χ0) is 13.0. The average Bonchev–Trinajstić information content (AvgIpc) is 2.38. The maximum Gasteiger partial charge on any atom is 0.0998 e. The number of nitrogens with zero attached hydrogens (tertiary/aromatic N) is 1. The first kappa shape index (κ1) is 13.0. The van der Waals surface area contributed by atoms with E-state index < -0.39 is 5.60 Å². The smallest absolute Gasteiger partial charge is 0.0998 e. The zero-order valence-electron chi connectivity index (χ0n) is 11.0. The molecule has 1 atom stereocenters. The van der Waals surface area contributed by atoms with E-state index in [1.807, 2.05) is 37.4 Å². The van der Waals surface area contributed by atoms with Crippen LogP contribution in [0.3, 0.4) is 0 Å². The van der Waals surface area contributed by atoms with Crippen LogP contribution < -0.4 is 5.32 Å². The highest BCUT2D eigenvalue weighted by Crippen LogP contribution is 2.27. The molecule has 3 nitrogen and oxygen atoms in total. The van der Waals surface area contributed by atoms with E-state index in [1.165, 1.54) is 0 Å². The van der Waals surface area contributed by atoms with Gasteiger partial charge in [0.05, 0.1) is 5.60 Å². The molecule has 1 heterocycles. The number of hydrogen-bond donors (Lipinski definition) is 2. The van der Waals surface area contributed by atoms with E-state index in [0.29, 0.717) is 6.54 Å². The van der Waals surface area contributed by atoms with Gasteiger partial charge < -0.3 is 10.4 Å². The van der Waals surface area contributed by atoms with Crippen LogP contribution in [-0.4, -0.2) is 23.2 Å². The second-order valence-corrected chi connectivity index (χ2v) is 4.85. The molecule has 2 aromatic rings. The van der Waals surface area contributed by atoms with Gasteiger partial charge in [0.15, 0.2) is 0 Å². The molecule has 0 saturated heterocycles. The molecule has 0 aliphatic heterocycles. The first-order chi connectivity index (χ1) is 8.65. The van der Waals surface area contributed by atoms with Crippen LogP contribution in [0.5, 0.6) is 0 Å². The molecule has 18 heavy (non-hydrogen) atoms. The zero-order valence-corrected chi connectivity index (χ0v) is 11.0. The van der Waals surface area contributed by atoms with Crippen molar-refractivity contribution in [2.24, 2.45) is 0 Å². The fourth-order valence-electron chi connectivity index (χ4n) is 2.20. The lowest BCUT2D eigenvalue weighted by molar-refractivity contribution is 0.0587. The second-order valence-electron chi connectivity index (χ2n) is 4.85. The van der Waals surface area contributed by atoms with E-state index in [-0.39, 0.29) is 0 Å². The number of aliphatic hydroxyl groups is 1. The number of benzene rings is 1. The van der Waals surface area contributed by atoms with Crippen molar-refractivity contribution in [3.8, 4) is 0 Å². The largest absolute Gasteiger partial charge is 0.384 e. The SMILES string of the molecule is CCCNCC(C)(O)c1cccc2cnccc12. The van der Waals surface area contributed by atoms with Gasteiger partial charge in [-0.1, -0.05) is 25.1 Å². The standard InChI is InChI=1S/C15H20N2O/c1-3-8-17-11-15(2,18)14-6-4-5-12-10-16-9-7-13(12)14/h4-7,9-10,17-18H,3,8,11H2,1-2H3. The molecule has 2 N–H and O–H groups in total. The summed E-state index contributed by atoms with van der Waals surface area (Å²) in [6.07, 6.45) is 4.66. The van der Waals surface area contributed by atoms with Crippen molar-refractivity contribution in [3.63, 3.8) is 0 Å². The summed E-state index contributed by atoms with van der Waals surface area (Å²) in [5, 5.41) is 16.0. The van der Waals surface area contributed by atoms with Gasteiger partial charge in [0.2, 0.25) is 0 Å². The first-order valence-corrected chi connectivity index (χ1v) is 6.41. The lowest BCUT2D eigenvalue weighted by atomic mass is 9.91. The Balaban J connectivity index is 2.34. The molecule has 0 radical (unpaired) electrons. The molecule has 0 aliphatic carbocycles. The van der Waals surface area contributed by atoms with Crippen LogP contribution in [0.2, 0.25) is 0 Å². The number of rotatable bonds is 5. The van der Waals surface area contributed by atoms with Crippen LogP contribution in [0.1, 0.15) is 25.8 Å². The Bertz CT molecular complexity index is 517. The van der Waals surface area contributed by atoms with Crippen molar-refractivity contribution in [2.45, 2.75) is 25.9 Å². The summed E-state index contributed by atoms with van der Waals surface area (Å²) in [7, 11) is 0. The maximum atomic E-state index is 10.6. The third-order valence-corrected chi connectivity index (χ3v) is 3.16. The predicted octanol–water partition coefficient (Wildman–Crippen LogP) is 2.44. The third kappa shape index (κ3) is 2.68. The fourth-order valence-corrected chi connectivity index (χ4v) is 2.20. The fraction of sp³-hybridized carbons (Fsp3) is 0.400. The van der Waals surface area contributed by atoms with E-state index in [1.54, 1.807) is 6.20 Å². The van der Waals surface area contributed by atoms with E-state index in [4.69, 9.17) is 0 Å². The van der Waals surface area contributed by atoms with Crippen LogP contribution in [0.4, 0.5) is 0 Å². The maximum absolute atomic E-state index is 10.6. The monoisotopic (exact) mass is 244 g/mol. The molecule has 2 rings (SSSR count). The lowest BCUT2D eigenvalue weighted by Gasteiger charge is -2.25. The van der Waals surface area contributed by atoms with Gasteiger partial charge >= 0.3 is 0 Å². The Hall–Kier alpha value is -1.45. The van der Waals surface area contributed by atoms with Gasteiger partial charge in [-0.15, -0.1) is 0 Å². The Morgan fingerprint density at radius 2 is 2.17 bits per heavy atom. The van der Waals surface area contributed by atoms with Gasteiger partial charge in [-0.05, 0) is 36.9 Å². The molecular weight excluding hydrogens is 224 g/mol. The number of aromatic nitrogens is 1. The minimum absolute atomic E-state index is 0.558. The highest BCUT2D eigenvalue weighted by atomic mass is 16.3. The highest BCUT2D eigenvalue weighted by Gasteiger charge is 2.24. The molecule has 1 aromatic heterocycles. The quantitative estimate of drug-likeness (QED) is 0.794. The highest BCUT2D eigenvalue weighted by molar-refractivity contribution is 5.85. The normalized spacial score (nSPS) is 14.6. The van der Waals surface area contributed by atoms with Gasteiger partial charge in [0, 0.05) is 24.3 Å². The average molecular weight is 244 g/mol. The van der Waals surface area contributed by atoms with Crippen LogP contribution in [-0.2, 0) is 5.60 Å². The third-order valence-electron chi connectivity index (χ3n) is 3.16. The van der Waals surface area contributed by atoms with Crippen molar-refractivity contribution in [1.29, 1.82) is 0 Å². The lowest BCUT2D eigenvalue weighted by Crippen LogP contribution is -2.35. The van der Waals surface area contributed by atoms with E-state index in [2.05, 4.69) is 17.2 Å². The Labute approximate surface area is 108 Å². The van der Waals surface area contributed by atoms with Crippen molar-refractivity contribution < 1.29 is 5.11 Å². The Kier molecular flexibility index (Phi) is 3.94. The number of pyridine rings is 1. The van der Waals surface area contributed by atoms with Gasteiger partial charge in [-0.2, -0.15) is 0 Å². The molecule has 96 valence electrons. The summed E-state index contributed by atoms with van der Waals surface area (Å²) in [6.45, 7) is 5.45. The van der Waals surface area contributed by atoms with E-state index in [0.717, 1.165) is 29.3 Å². The van der Waals surface area contributed by atoms with Crippen molar-refractivity contribution in [1.82, 2.24) is 10.3 Å². The molecule has 0 aliphatic rings. The summed E-state index contributed by atoms with van der Waals surface area (Å²) in [5.41, 5.74) is 0.0850. The molecule has 0 bridgehead atoms. The molecular formula is C15H20N2O. The topological polar surface area (TPSA) is 45.1 Å². The van der Waals surface area contributed by atoms with Gasteiger partial charge in [-0.3, -0.25) is 4.98 Å².